The van der Waals surface area contributed by atoms with E-state index in [4.69, 9.17) is 0 Å². The van der Waals surface area contributed by atoms with Gasteiger partial charge in [0, 0.05) is 24.3 Å². The highest BCUT2D eigenvalue weighted by atomic mass is 19.1. The molecule has 5 heteroatoms. The molecule has 134 valence electrons. The molecule has 1 saturated carbocycles. The van der Waals surface area contributed by atoms with Gasteiger partial charge in [0.25, 0.3) is 0 Å². The number of likely N-dealkylation sites (tertiary alicyclic amines) is 1. The molecule has 1 aliphatic carbocycles. The lowest BCUT2D eigenvalue weighted by molar-refractivity contribution is 0.190. The number of nitrogens with zero attached hydrogens (tertiary/aromatic N) is 3. The van der Waals surface area contributed by atoms with Gasteiger partial charge in [-0.2, -0.15) is 5.10 Å². The first kappa shape index (κ1) is 16.7. The Balaban J connectivity index is 1.23. The minimum Gasteiger partial charge on any atom is -0.314 e. The zero-order valence-corrected chi connectivity index (χ0v) is 14.7. The summed E-state index contributed by atoms with van der Waals surface area (Å²) in [6.45, 7) is 5.20. The maximum atomic E-state index is 13.0. The summed E-state index contributed by atoms with van der Waals surface area (Å²) in [4.78, 5) is 2.52. The van der Waals surface area contributed by atoms with Gasteiger partial charge in [-0.1, -0.05) is 12.1 Å². The van der Waals surface area contributed by atoms with Crippen molar-refractivity contribution in [3.8, 4) is 0 Å². The Labute approximate surface area is 149 Å². The third-order valence-corrected chi connectivity index (χ3v) is 5.33. The van der Waals surface area contributed by atoms with Crippen LogP contribution < -0.4 is 5.32 Å². The van der Waals surface area contributed by atoms with Crippen molar-refractivity contribution in [1.82, 2.24) is 20.0 Å². The Bertz CT molecular complexity index is 669. The van der Waals surface area contributed by atoms with Gasteiger partial charge in [-0.25, -0.2) is 4.39 Å². The quantitative estimate of drug-likeness (QED) is 0.840. The largest absolute Gasteiger partial charge is 0.314 e. The molecule has 1 aromatic heterocycles. The van der Waals surface area contributed by atoms with Gasteiger partial charge in [-0.15, -0.1) is 0 Å². The fourth-order valence-electron chi connectivity index (χ4n) is 3.56. The van der Waals surface area contributed by atoms with Crippen LogP contribution in [-0.2, 0) is 13.1 Å². The summed E-state index contributed by atoms with van der Waals surface area (Å²) in [7, 11) is 0. The molecule has 0 atom stereocenters. The minimum absolute atomic E-state index is 0.195. The van der Waals surface area contributed by atoms with E-state index in [0.29, 0.717) is 12.6 Å². The average Bonchev–Trinajstić information content (AvgIpc) is 3.36. The molecule has 0 bridgehead atoms. The van der Waals surface area contributed by atoms with Crippen LogP contribution >= 0.6 is 0 Å². The van der Waals surface area contributed by atoms with Crippen LogP contribution in [0.15, 0.2) is 36.7 Å². The van der Waals surface area contributed by atoms with Gasteiger partial charge in [0.15, 0.2) is 0 Å². The molecule has 4 rings (SSSR count). The van der Waals surface area contributed by atoms with Crippen molar-refractivity contribution in [2.45, 2.75) is 44.8 Å². The lowest BCUT2D eigenvalue weighted by Gasteiger charge is -2.32. The summed E-state index contributed by atoms with van der Waals surface area (Å²) < 4.78 is 14.9. The van der Waals surface area contributed by atoms with Crippen molar-refractivity contribution in [2.75, 3.05) is 19.6 Å². The van der Waals surface area contributed by atoms with Crippen molar-refractivity contribution in [1.29, 1.82) is 0 Å². The molecule has 4 nitrogen and oxygen atoms in total. The van der Waals surface area contributed by atoms with Gasteiger partial charge in [-0.05, 0) is 68.9 Å². The van der Waals surface area contributed by atoms with E-state index in [1.807, 2.05) is 23.0 Å². The minimum atomic E-state index is -0.195. The van der Waals surface area contributed by atoms with E-state index in [2.05, 4.69) is 21.5 Å². The third-order valence-electron chi connectivity index (χ3n) is 5.33. The van der Waals surface area contributed by atoms with E-state index >= 15 is 0 Å². The second-order valence-corrected chi connectivity index (χ2v) is 7.57. The number of piperidine rings is 1. The molecule has 1 aliphatic heterocycles. The summed E-state index contributed by atoms with van der Waals surface area (Å²) in [6, 6.07) is 7.34. The van der Waals surface area contributed by atoms with Gasteiger partial charge in [0.05, 0.1) is 12.7 Å². The highest BCUT2D eigenvalue weighted by molar-refractivity contribution is 5.16. The van der Waals surface area contributed by atoms with E-state index in [9.17, 15) is 4.39 Å². The van der Waals surface area contributed by atoms with E-state index in [-0.39, 0.29) is 5.82 Å². The second kappa shape index (κ2) is 7.67. The molecular formula is C20H27FN4. The molecule has 1 saturated heterocycles. The van der Waals surface area contributed by atoms with Crippen LogP contribution in [0.3, 0.4) is 0 Å². The van der Waals surface area contributed by atoms with Crippen molar-refractivity contribution >= 4 is 0 Å². The number of halogens is 1. The van der Waals surface area contributed by atoms with Crippen LogP contribution in [0.4, 0.5) is 4.39 Å². The van der Waals surface area contributed by atoms with Gasteiger partial charge in [-0.3, -0.25) is 9.58 Å². The molecule has 2 aliphatic rings. The number of hydrogen-bond donors (Lipinski definition) is 1. The predicted octanol–water partition coefficient (Wildman–Crippen LogP) is 3.03. The summed E-state index contributed by atoms with van der Waals surface area (Å²) in [6.07, 6.45) is 9.41. The van der Waals surface area contributed by atoms with Crippen LogP contribution in [0.5, 0.6) is 0 Å². The fraction of sp³-hybridized carbons (Fsp3) is 0.550. The third kappa shape index (κ3) is 4.89. The van der Waals surface area contributed by atoms with Crippen LogP contribution in [0, 0.1) is 11.7 Å². The van der Waals surface area contributed by atoms with E-state index in [1.54, 1.807) is 0 Å². The Morgan fingerprint density at radius 2 is 1.76 bits per heavy atom. The standard InChI is InChI=1S/C20H27FN4/c21-19-5-3-17(4-6-19)14-25-15-18(12-23-25)13-24-9-7-20(8-10-24)22-11-16-1-2-16/h3-6,12,15-16,20,22H,1-2,7-11,13-14H2. The number of nitrogens with one attached hydrogen (secondary N) is 1. The molecule has 0 spiro atoms. The smallest absolute Gasteiger partial charge is 0.123 e. The van der Waals surface area contributed by atoms with Gasteiger partial charge < -0.3 is 5.32 Å². The highest BCUT2D eigenvalue weighted by Gasteiger charge is 2.24. The summed E-state index contributed by atoms with van der Waals surface area (Å²) in [5.41, 5.74) is 2.32. The van der Waals surface area contributed by atoms with Crippen molar-refractivity contribution in [3.63, 3.8) is 0 Å². The monoisotopic (exact) mass is 342 g/mol. The zero-order valence-electron chi connectivity index (χ0n) is 14.7. The molecule has 1 N–H and O–H groups in total. The Kier molecular flexibility index (Phi) is 5.13. The molecule has 2 fully saturated rings. The summed E-state index contributed by atoms with van der Waals surface area (Å²) in [5.74, 6) is 0.768. The summed E-state index contributed by atoms with van der Waals surface area (Å²) in [5, 5.41) is 8.19. The first-order valence-electron chi connectivity index (χ1n) is 9.46. The number of benzene rings is 1. The molecular weight excluding hydrogens is 315 g/mol. The van der Waals surface area contributed by atoms with Crippen LogP contribution in [-0.4, -0.2) is 40.4 Å². The molecule has 2 heterocycles. The maximum Gasteiger partial charge on any atom is 0.123 e. The van der Waals surface area contributed by atoms with Gasteiger partial charge in [0.1, 0.15) is 5.82 Å². The lowest BCUT2D eigenvalue weighted by Crippen LogP contribution is -2.42. The van der Waals surface area contributed by atoms with Gasteiger partial charge >= 0.3 is 0 Å². The number of aromatic nitrogens is 2. The van der Waals surface area contributed by atoms with E-state index in [1.165, 1.54) is 49.9 Å². The first-order valence-corrected chi connectivity index (χ1v) is 9.46. The molecule has 0 amide bonds. The predicted molar refractivity (Wildman–Crippen MR) is 96.8 cm³/mol. The lowest BCUT2D eigenvalue weighted by atomic mass is 10.0. The SMILES string of the molecule is Fc1ccc(Cn2cc(CN3CCC(NCC4CC4)CC3)cn2)cc1. The summed E-state index contributed by atoms with van der Waals surface area (Å²) >= 11 is 0. The van der Waals surface area contributed by atoms with Crippen molar-refractivity contribution < 1.29 is 4.39 Å². The number of rotatable bonds is 7. The molecule has 25 heavy (non-hydrogen) atoms. The zero-order chi connectivity index (χ0) is 17.1. The second-order valence-electron chi connectivity index (χ2n) is 7.57. The fourth-order valence-corrected chi connectivity index (χ4v) is 3.56. The molecule has 1 aromatic carbocycles. The highest BCUT2D eigenvalue weighted by Crippen LogP contribution is 2.28. The number of hydrogen-bond acceptors (Lipinski definition) is 3. The average molecular weight is 342 g/mol. The molecule has 0 radical (unpaired) electrons. The maximum absolute atomic E-state index is 13.0. The topological polar surface area (TPSA) is 33.1 Å². The van der Waals surface area contributed by atoms with Gasteiger partial charge in [0.2, 0.25) is 0 Å². The Morgan fingerprint density at radius 3 is 2.48 bits per heavy atom. The Hall–Kier alpha value is -1.72. The van der Waals surface area contributed by atoms with E-state index < -0.39 is 0 Å². The molecule has 2 aromatic rings. The normalized spacial score (nSPS) is 19.4. The molecule has 0 unspecified atom stereocenters. The Morgan fingerprint density at radius 1 is 1.00 bits per heavy atom. The van der Waals surface area contributed by atoms with Crippen LogP contribution in [0.2, 0.25) is 0 Å². The van der Waals surface area contributed by atoms with Crippen LogP contribution in [0.25, 0.3) is 0 Å². The van der Waals surface area contributed by atoms with Crippen molar-refractivity contribution in [3.05, 3.63) is 53.6 Å². The first-order chi connectivity index (χ1) is 12.2. The van der Waals surface area contributed by atoms with Crippen LogP contribution in [0.1, 0.15) is 36.8 Å². The van der Waals surface area contributed by atoms with E-state index in [0.717, 1.165) is 31.1 Å². The van der Waals surface area contributed by atoms with Crippen molar-refractivity contribution in [2.24, 2.45) is 5.92 Å².